The Morgan fingerprint density at radius 1 is 0.660 bits per heavy atom. The first-order valence-corrected chi connectivity index (χ1v) is 23.0. The normalized spacial score (nSPS) is 32.7. The molecular formula is C47H60O4S2. The molecule has 3 N–H and O–H groups in total. The van der Waals surface area contributed by atoms with Crippen LogP contribution < -0.4 is 0 Å². The van der Waals surface area contributed by atoms with Gasteiger partial charge in [-0.2, -0.15) is 0 Å². The van der Waals surface area contributed by atoms with Crippen LogP contribution in [0.5, 0.6) is 11.5 Å². The highest BCUT2D eigenvalue weighted by molar-refractivity contribution is 7.99. The third kappa shape index (κ3) is 6.90. The number of fused-ring (bicyclic) bond motifs is 10. The molecule has 0 heterocycles. The zero-order chi connectivity index (χ0) is 37.2. The average molecular weight is 753 g/mol. The van der Waals surface area contributed by atoms with Gasteiger partial charge in [-0.05, 0) is 188 Å². The molecular weight excluding hydrogens is 693 g/mol. The Labute approximate surface area is 326 Å². The number of Topliss-reactive ketones (excluding diaryl/α,β-unsaturated/α-hetero) is 1. The molecule has 3 aromatic rings. The summed E-state index contributed by atoms with van der Waals surface area (Å²) in [7, 11) is 0. The van der Waals surface area contributed by atoms with Crippen molar-refractivity contribution in [3.63, 3.8) is 0 Å². The van der Waals surface area contributed by atoms with Crippen LogP contribution in [0, 0.1) is 35.5 Å². The molecule has 0 saturated heterocycles. The zero-order valence-electron chi connectivity index (χ0n) is 32.5. The lowest BCUT2D eigenvalue weighted by Crippen LogP contribution is -2.43. The number of aryl methyl sites for hydroxylation is 2. The second kappa shape index (κ2) is 14.6. The van der Waals surface area contributed by atoms with Gasteiger partial charge in [-0.15, -0.1) is 23.5 Å². The van der Waals surface area contributed by atoms with E-state index in [1.54, 1.807) is 23.5 Å². The Balaban J connectivity index is 0.000000164. The fraction of sp³-hybridized carbons (Fsp3) is 0.596. The van der Waals surface area contributed by atoms with Gasteiger partial charge in [0.05, 0.1) is 5.60 Å². The fourth-order valence-corrected chi connectivity index (χ4v) is 13.4. The fourth-order valence-electron chi connectivity index (χ4n) is 12.4. The van der Waals surface area contributed by atoms with Crippen molar-refractivity contribution in [2.45, 2.75) is 137 Å². The molecule has 8 unspecified atom stereocenters. The van der Waals surface area contributed by atoms with Gasteiger partial charge in [0.2, 0.25) is 0 Å². The maximum Gasteiger partial charge on any atom is 0.136 e. The number of aliphatic hydroxyl groups is 1. The summed E-state index contributed by atoms with van der Waals surface area (Å²) in [5.74, 6) is 6.05. The number of phenols is 2. The van der Waals surface area contributed by atoms with E-state index in [-0.39, 0.29) is 5.41 Å². The second-order valence-corrected chi connectivity index (χ2v) is 20.2. The number of hydrogen-bond acceptors (Lipinski definition) is 6. The van der Waals surface area contributed by atoms with E-state index in [0.717, 1.165) is 74.0 Å². The Bertz CT molecular complexity index is 1840. The van der Waals surface area contributed by atoms with Crippen molar-refractivity contribution < 1.29 is 20.1 Å². The average Bonchev–Trinajstić information content (AvgIpc) is 3.69. The monoisotopic (exact) mass is 752 g/mol. The number of aromatic hydroxyl groups is 2. The molecule has 284 valence electrons. The molecule has 9 rings (SSSR count). The van der Waals surface area contributed by atoms with Crippen LogP contribution in [0.15, 0.2) is 58.3 Å². The molecule has 3 aromatic carbocycles. The Morgan fingerprint density at radius 2 is 1.17 bits per heavy atom. The second-order valence-electron chi connectivity index (χ2n) is 18.5. The van der Waals surface area contributed by atoms with Gasteiger partial charge in [0.1, 0.15) is 17.3 Å². The predicted octanol–water partition coefficient (Wildman–Crippen LogP) is 11.0. The van der Waals surface area contributed by atoms with E-state index >= 15 is 0 Å². The molecule has 4 nitrogen and oxygen atoms in total. The van der Waals surface area contributed by atoms with E-state index in [1.165, 1.54) is 52.6 Å². The van der Waals surface area contributed by atoms with Crippen molar-refractivity contribution in [1.82, 2.24) is 0 Å². The standard InChI is InChI=1S/C29H38O2S.C18H22O2S/c1-28(2,3)20-8-5-18(6-9-20)17-29(31)14-13-23-21-10-7-19-15-26(30)27(32-4)16-24(19)22(21)11-12-25(23)29;1-21-18-9-15-10(8-17(18)20)2-3-11-12-6-7-16(19)14(12)5-4-13(11)15/h5-6,8-9,15-16,21-23,25,30-31H,7,10-14,17H2,1-4H3;8-9,11-14,20H,2-7H2,1H3/t21?,22?,23?,25?,29-;/m1./s1. The smallest absolute Gasteiger partial charge is 0.136 e. The van der Waals surface area contributed by atoms with Crippen molar-refractivity contribution in [1.29, 1.82) is 0 Å². The Kier molecular flexibility index (Phi) is 10.3. The van der Waals surface area contributed by atoms with Gasteiger partial charge in [-0.3, -0.25) is 4.79 Å². The van der Waals surface area contributed by atoms with Crippen molar-refractivity contribution in [3.05, 3.63) is 81.9 Å². The van der Waals surface area contributed by atoms with Gasteiger partial charge >= 0.3 is 0 Å². The van der Waals surface area contributed by atoms with E-state index in [4.69, 9.17) is 0 Å². The molecule has 0 aliphatic heterocycles. The van der Waals surface area contributed by atoms with Crippen LogP contribution in [-0.2, 0) is 29.5 Å². The SMILES string of the molecule is CSc1cc2c(cc1O)CCC1C2CCC2C(=O)CCC21.CSc1cc2c(cc1O)CCC1C2CCC2C1CC[C@@]2(O)Cc1ccc(C(C)(C)C)cc1. The number of carbonyl (C=O) groups is 1. The zero-order valence-corrected chi connectivity index (χ0v) is 34.1. The highest BCUT2D eigenvalue weighted by Gasteiger charge is 2.54. The molecule has 0 bridgehead atoms. The van der Waals surface area contributed by atoms with Gasteiger partial charge in [0.15, 0.2) is 0 Å². The lowest BCUT2D eigenvalue weighted by Gasteiger charge is -2.47. The van der Waals surface area contributed by atoms with Crippen molar-refractivity contribution in [2.24, 2.45) is 35.5 Å². The minimum absolute atomic E-state index is 0.163. The quantitative estimate of drug-likeness (QED) is 0.230. The minimum Gasteiger partial charge on any atom is -0.507 e. The van der Waals surface area contributed by atoms with Gasteiger partial charge in [0, 0.05) is 28.6 Å². The number of phenolic OH excluding ortho intramolecular Hbond substituents is 2. The molecule has 4 saturated carbocycles. The maximum atomic E-state index is 12.0. The largest absolute Gasteiger partial charge is 0.507 e. The highest BCUT2D eigenvalue weighted by Crippen LogP contribution is 2.59. The van der Waals surface area contributed by atoms with E-state index in [2.05, 4.69) is 57.2 Å². The number of benzene rings is 3. The molecule has 0 radical (unpaired) electrons. The van der Waals surface area contributed by atoms with Crippen LogP contribution in [0.25, 0.3) is 0 Å². The van der Waals surface area contributed by atoms with Crippen molar-refractivity contribution >= 4 is 29.3 Å². The maximum absolute atomic E-state index is 12.0. The van der Waals surface area contributed by atoms with Crippen LogP contribution in [0.3, 0.4) is 0 Å². The molecule has 0 aromatic heterocycles. The summed E-state index contributed by atoms with van der Waals surface area (Å²) < 4.78 is 0. The lowest BCUT2D eigenvalue weighted by molar-refractivity contribution is -0.122. The van der Waals surface area contributed by atoms with Gasteiger partial charge in [0.25, 0.3) is 0 Å². The molecule has 6 aliphatic rings. The molecule has 0 amide bonds. The third-order valence-electron chi connectivity index (χ3n) is 15.0. The highest BCUT2D eigenvalue weighted by atomic mass is 32.2. The van der Waals surface area contributed by atoms with E-state index in [1.807, 2.05) is 24.6 Å². The van der Waals surface area contributed by atoms with Crippen LogP contribution >= 0.6 is 23.5 Å². The van der Waals surface area contributed by atoms with Gasteiger partial charge in [-0.25, -0.2) is 0 Å². The first-order valence-electron chi connectivity index (χ1n) is 20.5. The van der Waals surface area contributed by atoms with Crippen LogP contribution in [0.2, 0.25) is 0 Å². The number of thioether (sulfide) groups is 2. The first kappa shape index (κ1) is 37.5. The van der Waals surface area contributed by atoms with Crippen LogP contribution in [-0.4, -0.2) is 39.2 Å². The first-order chi connectivity index (χ1) is 25.4. The summed E-state index contributed by atoms with van der Waals surface area (Å²) in [6, 6.07) is 17.5. The molecule has 4 fully saturated rings. The molecule has 9 atom stereocenters. The van der Waals surface area contributed by atoms with Crippen LogP contribution in [0.4, 0.5) is 0 Å². The predicted molar refractivity (Wildman–Crippen MR) is 219 cm³/mol. The van der Waals surface area contributed by atoms with E-state index in [0.29, 0.717) is 64.6 Å². The Morgan fingerprint density at radius 3 is 1.74 bits per heavy atom. The number of ketones is 1. The summed E-state index contributed by atoms with van der Waals surface area (Å²) in [5, 5.41) is 32.2. The van der Waals surface area contributed by atoms with Gasteiger partial charge < -0.3 is 15.3 Å². The lowest BCUT2D eigenvalue weighted by atomic mass is 9.59. The summed E-state index contributed by atoms with van der Waals surface area (Å²) >= 11 is 3.26. The molecule has 53 heavy (non-hydrogen) atoms. The molecule has 0 spiro atoms. The van der Waals surface area contributed by atoms with Crippen molar-refractivity contribution in [3.8, 4) is 11.5 Å². The van der Waals surface area contributed by atoms with Crippen LogP contribution in [0.1, 0.15) is 130 Å². The minimum atomic E-state index is -0.557. The molecule has 6 aliphatic carbocycles. The Hall–Kier alpha value is -2.41. The molecule has 6 heteroatoms. The number of hydrogen-bond donors (Lipinski definition) is 3. The van der Waals surface area contributed by atoms with Crippen molar-refractivity contribution in [2.75, 3.05) is 12.5 Å². The van der Waals surface area contributed by atoms with Gasteiger partial charge in [-0.1, -0.05) is 45.0 Å². The van der Waals surface area contributed by atoms with E-state index in [9.17, 15) is 20.1 Å². The summed E-state index contributed by atoms with van der Waals surface area (Å²) in [6.07, 6.45) is 17.9. The third-order valence-corrected chi connectivity index (χ3v) is 16.5. The topological polar surface area (TPSA) is 77.8 Å². The number of rotatable bonds is 4. The van der Waals surface area contributed by atoms with E-state index < -0.39 is 5.60 Å². The summed E-state index contributed by atoms with van der Waals surface area (Å²) in [5.41, 5.74) is 7.88. The number of carbonyl (C=O) groups excluding carboxylic acids is 1. The summed E-state index contributed by atoms with van der Waals surface area (Å²) in [4.78, 5) is 14.0. The summed E-state index contributed by atoms with van der Waals surface area (Å²) in [6.45, 7) is 6.75.